The van der Waals surface area contributed by atoms with E-state index in [1.165, 1.54) is 7.11 Å². The van der Waals surface area contributed by atoms with Crippen LogP contribution in [0, 0.1) is 0 Å². The molecular formula is C16H25NO4S. The van der Waals surface area contributed by atoms with Crippen LogP contribution in [0.25, 0.3) is 0 Å². The van der Waals surface area contributed by atoms with Gasteiger partial charge in [0.2, 0.25) is 10.0 Å². The van der Waals surface area contributed by atoms with Gasteiger partial charge in [-0.3, -0.25) is 0 Å². The summed E-state index contributed by atoms with van der Waals surface area (Å²) in [4.78, 5) is 0.181. The first-order valence-corrected chi connectivity index (χ1v) is 9.02. The molecule has 0 amide bonds. The van der Waals surface area contributed by atoms with E-state index in [0.717, 1.165) is 18.4 Å². The van der Waals surface area contributed by atoms with Gasteiger partial charge in [0.15, 0.2) is 0 Å². The Morgan fingerprint density at radius 3 is 2.64 bits per heavy atom. The van der Waals surface area contributed by atoms with Crippen molar-refractivity contribution >= 4 is 10.0 Å². The van der Waals surface area contributed by atoms with Crippen molar-refractivity contribution in [3.8, 4) is 5.75 Å². The molecule has 2 rings (SSSR count). The highest BCUT2D eigenvalue weighted by Crippen LogP contribution is 2.30. The predicted octanol–water partition coefficient (Wildman–Crippen LogP) is 2.45. The van der Waals surface area contributed by atoms with Gasteiger partial charge in [-0.05, 0) is 36.0 Å². The molecule has 1 aromatic carbocycles. The van der Waals surface area contributed by atoms with Gasteiger partial charge in [-0.2, -0.15) is 0 Å². The molecule has 0 radical (unpaired) electrons. The highest BCUT2D eigenvalue weighted by atomic mass is 32.2. The zero-order valence-corrected chi connectivity index (χ0v) is 14.5. The maximum atomic E-state index is 12.6. The van der Waals surface area contributed by atoms with Crippen molar-refractivity contribution in [3.63, 3.8) is 0 Å². The van der Waals surface area contributed by atoms with Crippen LogP contribution in [0.1, 0.15) is 39.2 Å². The van der Waals surface area contributed by atoms with Crippen LogP contribution in [-0.2, 0) is 20.2 Å². The van der Waals surface area contributed by atoms with Crippen molar-refractivity contribution in [3.05, 3.63) is 23.8 Å². The molecule has 1 N–H and O–H groups in total. The molecule has 1 aliphatic heterocycles. The summed E-state index contributed by atoms with van der Waals surface area (Å²) in [7, 11) is -2.15. The van der Waals surface area contributed by atoms with Gasteiger partial charge in [0.25, 0.3) is 0 Å². The Morgan fingerprint density at radius 1 is 1.36 bits per heavy atom. The normalized spacial score (nSPS) is 19.4. The van der Waals surface area contributed by atoms with Gasteiger partial charge in [0.1, 0.15) is 10.6 Å². The fourth-order valence-electron chi connectivity index (χ4n) is 2.44. The molecule has 124 valence electrons. The maximum absolute atomic E-state index is 12.6. The minimum Gasteiger partial charge on any atom is -0.495 e. The lowest BCUT2D eigenvalue weighted by Gasteiger charge is -2.21. The monoisotopic (exact) mass is 327 g/mol. The number of sulfonamides is 1. The summed E-state index contributed by atoms with van der Waals surface area (Å²) in [5.74, 6) is 0.354. The van der Waals surface area contributed by atoms with Gasteiger partial charge < -0.3 is 9.47 Å². The molecule has 1 heterocycles. The molecule has 1 aliphatic rings. The van der Waals surface area contributed by atoms with Crippen LogP contribution in [0.15, 0.2) is 23.1 Å². The van der Waals surface area contributed by atoms with Crippen molar-refractivity contribution in [1.82, 2.24) is 4.72 Å². The first kappa shape index (κ1) is 17.2. The molecule has 0 aromatic heterocycles. The van der Waals surface area contributed by atoms with Gasteiger partial charge >= 0.3 is 0 Å². The van der Waals surface area contributed by atoms with Gasteiger partial charge in [-0.1, -0.05) is 26.8 Å². The average Bonchev–Trinajstić information content (AvgIpc) is 2.97. The lowest BCUT2D eigenvalue weighted by Crippen LogP contribution is -2.32. The number of ether oxygens (including phenoxy) is 2. The van der Waals surface area contributed by atoms with E-state index < -0.39 is 10.0 Å². The van der Waals surface area contributed by atoms with Crippen LogP contribution in [0.3, 0.4) is 0 Å². The van der Waals surface area contributed by atoms with Crippen molar-refractivity contribution < 1.29 is 17.9 Å². The highest BCUT2D eigenvalue weighted by Gasteiger charge is 2.25. The molecule has 5 nitrogen and oxygen atoms in total. The fraction of sp³-hybridized carbons (Fsp3) is 0.625. The number of nitrogens with one attached hydrogen (secondary N) is 1. The second-order valence-electron chi connectivity index (χ2n) is 6.60. The minimum atomic E-state index is -3.63. The summed E-state index contributed by atoms with van der Waals surface area (Å²) in [5, 5.41) is 0. The Balaban J connectivity index is 2.27. The zero-order chi connectivity index (χ0) is 16.4. The van der Waals surface area contributed by atoms with Gasteiger partial charge in [0, 0.05) is 13.2 Å². The van der Waals surface area contributed by atoms with E-state index in [9.17, 15) is 8.42 Å². The Bertz CT molecular complexity index is 614. The van der Waals surface area contributed by atoms with Crippen molar-refractivity contribution in [2.24, 2.45) is 0 Å². The minimum absolute atomic E-state index is 0.0356. The lowest BCUT2D eigenvalue weighted by molar-refractivity contribution is 0.114. The van der Waals surface area contributed by atoms with Crippen LogP contribution in [0.4, 0.5) is 0 Å². The molecule has 0 saturated carbocycles. The Labute approximate surface area is 133 Å². The van der Waals surface area contributed by atoms with E-state index in [-0.39, 0.29) is 16.4 Å². The first-order valence-electron chi connectivity index (χ1n) is 7.54. The molecule has 1 aromatic rings. The van der Waals surface area contributed by atoms with Crippen LogP contribution < -0.4 is 9.46 Å². The van der Waals surface area contributed by atoms with E-state index in [4.69, 9.17) is 9.47 Å². The van der Waals surface area contributed by atoms with E-state index in [2.05, 4.69) is 4.72 Å². The third-order valence-electron chi connectivity index (χ3n) is 3.84. The average molecular weight is 327 g/mol. The second kappa shape index (κ2) is 6.56. The summed E-state index contributed by atoms with van der Waals surface area (Å²) in [5.41, 5.74) is 0.816. The van der Waals surface area contributed by atoms with E-state index in [1.54, 1.807) is 12.1 Å². The molecular weight excluding hydrogens is 302 g/mol. The van der Waals surface area contributed by atoms with Crippen LogP contribution >= 0.6 is 0 Å². The number of hydrogen-bond donors (Lipinski definition) is 1. The van der Waals surface area contributed by atoms with Crippen LogP contribution in [-0.4, -0.2) is 34.8 Å². The maximum Gasteiger partial charge on any atom is 0.244 e. The van der Waals surface area contributed by atoms with Crippen molar-refractivity contribution in [2.45, 2.75) is 50.0 Å². The summed E-state index contributed by atoms with van der Waals surface area (Å²) in [6, 6.07) is 5.30. The van der Waals surface area contributed by atoms with Crippen LogP contribution in [0.5, 0.6) is 5.75 Å². The van der Waals surface area contributed by atoms with Crippen molar-refractivity contribution in [2.75, 3.05) is 20.3 Å². The molecule has 1 fully saturated rings. The quantitative estimate of drug-likeness (QED) is 0.902. The SMILES string of the molecule is COc1ccc(C(C)(C)C)cc1S(=O)(=O)NC[C@H]1CCCO1. The Kier molecular flexibility index (Phi) is 5.14. The summed E-state index contributed by atoms with van der Waals surface area (Å²) >= 11 is 0. The molecule has 0 aliphatic carbocycles. The number of benzene rings is 1. The number of rotatable bonds is 5. The Morgan fingerprint density at radius 2 is 2.09 bits per heavy atom. The van der Waals surface area contributed by atoms with Crippen molar-refractivity contribution in [1.29, 1.82) is 0 Å². The van der Waals surface area contributed by atoms with Gasteiger partial charge in [-0.15, -0.1) is 0 Å². The fourth-order valence-corrected chi connectivity index (χ4v) is 3.70. The van der Waals surface area contributed by atoms with E-state index in [1.807, 2.05) is 26.8 Å². The third-order valence-corrected chi connectivity index (χ3v) is 5.29. The zero-order valence-electron chi connectivity index (χ0n) is 13.7. The summed E-state index contributed by atoms with van der Waals surface area (Å²) in [6.07, 6.45) is 1.84. The topological polar surface area (TPSA) is 64.6 Å². The molecule has 22 heavy (non-hydrogen) atoms. The number of hydrogen-bond acceptors (Lipinski definition) is 4. The summed E-state index contributed by atoms with van der Waals surface area (Å²) < 4.78 is 38.5. The molecule has 0 unspecified atom stereocenters. The van der Waals surface area contributed by atoms with Gasteiger partial charge in [0.05, 0.1) is 13.2 Å². The van der Waals surface area contributed by atoms with E-state index in [0.29, 0.717) is 18.9 Å². The van der Waals surface area contributed by atoms with Crippen LogP contribution in [0.2, 0.25) is 0 Å². The standard InChI is InChI=1S/C16H25NO4S/c1-16(2,3)12-7-8-14(20-4)15(10-12)22(18,19)17-11-13-6-5-9-21-13/h7-8,10,13,17H,5-6,9,11H2,1-4H3/t13-/m1/s1. The summed E-state index contributed by atoms with van der Waals surface area (Å²) in [6.45, 7) is 7.14. The Hall–Kier alpha value is -1.11. The second-order valence-corrected chi connectivity index (χ2v) is 8.34. The largest absolute Gasteiger partial charge is 0.495 e. The highest BCUT2D eigenvalue weighted by molar-refractivity contribution is 7.89. The number of methoxy groups -OCH3 is 1. The predicted molar refractivity (Wildman–Crippen MR) is 85.9 cm³/mol. The molecule has 0 spiro atoms. The molecule has 1 saturated heterocycles. The lowest BCUT2D eigenvalue weighted by atomic mass is 9.87. The molecule has 6 heteroatoms. The third kappa shape index (κ3) is 4.00. The molecule has 1 atom stereocenters. The first-order chi connectivity index (χ1) is 10.2. The van der Waals surface area contributed by atoms with E-state index >= 15 is 0 Å². The molecule has 0 bridgehead atoms. The van der Waals surface area contributed by atoms with Gasteiger partial charge in [-0.25, -0.2) is 13.1 Å². The smallest absolute Gasteiger partial charge is 0.244 e.